The van der Waals surface area contributed by atoms with Crippen molar-refractivity contribution in [1.29, 1.82) is 0 Å². The minimum Gasteiger partial charge on any atom is -0.396 e. The highest BCUT2D eigenvalue weighted by molar-refractivity contribution is 5.80. The lowest BCUT2D eigenvalue weighted by Gasteiger charge is -2.29. The quantitative estimate of drug-likeness (QED) is 0.633. The Bertz CT molecular complexity index is 140. The van der Waals surface area contributed by atoms with Gasteiger partial charge in [-0.15, -0.1) is 0 Å². The van der Waals surface area contributed by atoms with Crippen molar-refractivity contribution >= 4 is 5.91 Å². The van der Waals surface area contributed by atoms with Gasteiger partial charge in [0.05, 0.1) is 5.41 Å². The van der Waals surface area contributed by atoms with E-state index in [4.69, 9.17) is 10.8 Å². The van der Waals surface area contributed by atoms with Crippen LogP contribution in [0.25, 0.3) is 0 Å². The Hall–Kier alpha value is -0.570. The van der Waals surface area contributed by atoms with Gasteiger partial charge in [-0.3, -0.25) is 4.79 Å². The number of rotatable bonds is 7. The zero-order valence-electron chi connectivity index (χ0n) is 8.68. The second-order valence-electron chi connectivity index (χ2n) is 3.62. The third-order valence-corrected chi connectivity index (χ3v) is 2.57. The minimum absolute atomic E-state index is 0.0446. The summed E-state index contributed by atoms with van der Waals surface area (Å²) >= 11 is 0. The fraction of sp³-hybridized carbons (Fsp3) is 0.900. The van der Waals surface area contributed by atoms with Crippen LogP contribution in [0.1, 0.15) is 46.0 Å². The molecule has 78 valence electrons. The summed E-state index contributed by atoms with van der Waals surface area (Å²) in [6.45, 7) is 4.11. The van der Waals surface area contributed by atoms with E-state index in [1.807, 2.05) is 13.8 Å². The smallest absolute Gasteiger partial charge is 0.223 e. The van der Waals surface area contributed by atoms with E-state index in [1.54, 1.807) is 0 Å². The molecule has 1 amide bonds. The molecule has 0 saturated heterocycles. The molecule has 0 aliphatic heterocycles. The molecule has 0 aliphatic rings. The number of aliphatic hydroxyl groups excluding tert-OH is 1. The molecule has 0 saturated carbocycles. The van der Waals surface area contributed by atoms with E-state index in [0.29, 0.717) is 6.42 Å². The summed E-state index contributed by atoms with van der Waals surface area (Å²) in [7, 11) is 0. The molecule has 0 atom stereocenters. The van der Waals surface area contributed by atoms with Crippen molar-refractivity contribution in [2.45, 2.75) is 46.0 Å². The van der Waals surface area contributed by atoms with Gasteiger partial charge in [-0.1, -0.05) is 26.7 Å². The Balaban J connectivity index is 4.48. The Morgan fingerprint density at radius 2 is 1.69 bits per heavy atom. The van der Waals surface area contributed by atoms with Gasteiger partial charge >= 0.3 is 0 Å². The molecule has 0 aromatic carbocycles. The SMILES string of the molecule is CCCC(CCC)(CCO)C(N)=O. The zero-order valence-corrected chi connectivity index (χ0v) is 8.68. The Morgan fingerprint density at radius 3 is 1.92 bits per heavy atom. The summed E-state index contributed by atoms with van der Waals surface area (Å²) in [6.07, 6.45) is 3.95. The van der Waals surface area contributed by atoms with Crippen LogP contribution in [0.4, 0.5) is 0 Å². The van der Waals surface area contributed by atoms with Gasteiger partial charge in [0.2, 0.25) is 5.91 Å². The van der Waals surface area contributed by atoms with E-state index in [-0.39, 0.29) is 12.5 Å². The summed E-state index contributed by atoms with van der Waals surface area (Å²) in [6, 6.07) is 0. The van der Waals surface area contributed by atoms with E-state index in [1.165, 1.54) is 0 Å². The third kappa shape index (κ3) is 3.35. The molecule has 0 unspecified atom stereocenters. The van der Waals surface area contributed by atoms with Gasteiger partial charge in [-0.05, 0) is 19.3 Å². The van der Waals surface area contributed by atoms with Crippen molar-refractivity contribution in [3.05, 3.63) is 0 Å². The number of aliphatic hydroxyl groups is 1. The summed E-state index contributed by atoms with van der Waals surface area (Å²) in [5, 5.41) is 8.90. The first-order chi connectivity index (χ1) is 6.13. The number of hydrogen-bond acceptors (Lipinski definition) is 2. The van der Waals surface area contributed by atoms with Crippen LogP contribution in [-0.2, 0) is 4.79 Å². The minimum atomic E-state index is -0.460. The Morgan fingerprint density at radius 1 is 1.23 bits per heavy atom. The molecule has 0 aromatic rings. The maximum Gasteiger partial charge on any atom is 0.223 e. The van der Waals surface area contributed by atoms with Crippen LogP contribution >= 0.6 is 0 Å². The summed E-state index contributed by atoms with van der Waals surface area (Å²) < 4.78 is 0. The van der Waals surface area contributed by atoms with Crippen LogP contribution in [0.15, 0.2) is 0 Å². The molecule has 0 aromatic heterocycles. The molecule has 0 bridgehead atoms. The van der Waals surface area contributed by atoms with E-state index in [9.17, 15) is 4.79 Å². The Labute approximate surface area is 80.3 Å². The molecular weight excluding hydrogens is 166 g/mol. The van der Waals surface area contributed by atoms with Crippen molar-refractivity contribution in [3.63, 3.8) is 0 Å². The lowest BCUT2D eigenvalue weighted by Crippen LogP contribution is -2.37. The fourth-order valence-corrected chi connectivity index (χ4v) is 1.92. The molecule has 3 N–H and O–H groups in total. The molecular formula is C10H21NO2. The van der Waals surface area contributed by atoms with E-state index in [0.717, 1.165) is 25.7 Å². The lowest BCUT2D eigenvalue weighted by molar-refractivity contribution is -0.129. The van der Waals surface area contributed by atoms with Gasteiger partial charge in [-0.2, -0.15) is 0 Å². The summed E-state index contributed by atoms with van der Waals surface area (Å²) in [4.78, 5) is 11.3. The average Bonchev–Trinajstić information content (AvgIpc) is 2.05. The van der Waals surface area contributed by atoms with Gasteiger partial charge in [-0.25, -0.2) is 0 Å². The van der Waals surface area contributed by atoms with E-state index in [2.05, 4.69) is 0 Å². The zero-order chi connectivity index (χ0) is 10.3. The maximum absolute atomic E-state index is 11.3. The van der Waals surface area contributed by atoms with Crippen molar-refractivity contribution in [2.75, 3.05) is 6.61 Å². The Kier molecular flexibility index (Phi) is 5.71. The van der Waals surface area contributed by atoms with Gasteiger partial charge in [0, 0.05) is 6.61 Å². The van der Waals surface area contributed by atoms with Gasteiger partial charge in [0.15, 0.2) is 0 Å². The maximum atomic E-state index is 11.3. The first kappa shape index (κ1) is 12.4. The average molecular weight is 187 g/mol. The monoisotopic (exact) mass is 187 g/mol. The molecule has 0 radical (unpaired) electrons. The molecule has 3 heteroatoms. The van der Waals surface area contributed by atoms with Crippen LogP contribution in [-0.4, -0.2) is 17.6 Å². The second kappa shape index (κ2) is 5.97. The number of carbonyl (C=O) groups excluding carboxylic acids is 1. The van der Waals surface area contributed by atoms with Crippen LogP contribution < -0.4 is 5.73 Å². The molecule has 0 aliphatic carbocycles. The summed E-state index contributed by atoms with van der Waals surface area (Å²) in [5.41, 5.74) is 4.92. The van der Waals surface area contributed by atoms with Crippen LogP contribution in [0.2, 0.25) is 0 Å². The largest absolute Gasteiger partial charge is 0.396 e. The molecule has 3 nitrogen and oxygen atoms in total. The van der Waals surface area contributed by atoms with Gasteiger partial charge < -0.3 is 10.8 Å². The highest BCUT2D eigenvalue weighted by Crippen LogP contribution is 2.32. The lowest BCUT2D eigenvalue weighted by atomic mass is 9.76. The molecule has 0 spiro atoms. The standard InChI is InChI=1S/C10H21NO2/c1-3-5-10(6-4-2,7-8-12)9(11)13/h12H,3-8H2,1-2H3,(H2,11,13). The topological polar surface area (TPSA) is 63.3 Å². The molecule has 0 rings (SSSR count). The van der Waals surface area contributed by atoms with Crippen LogP contribution in [0, 0.1) is 5.41 Å². The number of nitrogens with two attached hydrogens (primary N) is 1. The predicted molar refractivity (Wildman–Crippen MR) is 53.1 cm³/mol. The number of amides is 1. The highest BCUT2D eigenvalue weighted by Gasteiger charge is 2.33. The van der Waals surface area contributed by atoms with Crippen molar-refractivity contribution < 1.29 is 9.90 Å². The van der Waals surface area contributed by atoms with Crippen molar-refractivity contribution in [1.82, 2.24) is 0 Å². The molecule has 0 heterocycles. The van der Waals surface area contributed by atoms with Gasteiger partial charge in [0.25, 0.3) is 0 Å². The second-order valence-corrected chi connectivity index (χ2v) is 3.62. The normalized spacial score (nSPS) is 11.6. The van der Waals surface area contributed by atoms with Crippen LogP contribution in [0.5, 0.6) is 0 Å². The first-order valence-electron chi connectivity index (χ1n) is 5.03. The third-order valence-electron chi connectivity index (χ3n) is 2.57. The predicted octanol–water partition coefficient (Wildman–Crippen LogP) is 1.44. The molecule has 0 fully saturated rings. The van der Waals surface area contributed by atoms with Crippen LogP contribution in [0.3, 0.4) is 0 Å². The summed E-state index contributed by atoms with van der Waals surface area (Å²) in [5.74, 6) is -0.259. The highest BCUT2D eigenvalue weighted by atomic mass is 16.3. The molecule has 13 heavy (non-hydrogen) atoms. The van der Waals surface area contributed by atoms with E-state index < -0.39 is 5.41 Å². The fourth-order valence-electron chi connectivity index (χ4n) is 1.92. The van der Waals surface area contributed by atoms with E-state index >= 15 is 0 Å². The van der Waals surface area contributed by atoms with Crippen molar-refractivity contribution in [3.8, 4) is 0 Å². The number of hydrogen-bond donors (Lipinski definition) is 2. The number of carbonyl (C=O) groups is 1. The first-order valence-corrected chi connectivity index (χ1v) is 5.03. The van der Waals surface area contributed by atoms with Gasteiger partial charge in [0.1, 0.15) is 0 Å². The van der Waals surface area contributed by atoms with Crippen molar-refractivity contribution in [2.24, 2.45) is 11.1 Å². The number of primary amides is 1.